The van der Waals surface area contributed by atoms with E-state index in [2.05, 4.69) is 15.1 Å². The first-order valence-electron chi connectivity index (χ1n) is 7.62. The molecule has 0 N–H and O–H groups in total. The summed E-state index contributed by atoms with van der Waals surface area (Å²) in [5.41, 5.74) is 1.34. The van der Waals surface area contributed by atoms with Crippen LogP contribution in [0.2, 0.25) is 10.0 Å². The molecule has 8 heteroatoms. The Labute approximate surface area is 154 Å². The van der Waals surface area contributed by atoms with Crippen LogP contribution >= 0.6 is 23.2 Å². The van der Waals surface area contributed by atoms with Gasteiger partial charge in [0.25, 0.3) is 0 Å². The molecule has 0 saturated heterocycles. The van der Waals surface area contributed by atoms with Gasteiger partial charge in [-0.25, -0.2) is 9.78 Å². The van der Waals surface area contributed by atoms with Crippen molar-refractivity contribution in [3.8, 4) is 22.8 Å². The fourth-order valence-electron chi connectivity index (χ4n) is 2.19. The molecule has 2 heterocycles. The van der Waals surface area contributed by atoms with E-state index >= 15 is 0 Å². The Balaban J connectivity index is 2.06. The second-order valence-electron chi connectivity index (χ2n) is 5.24. The van der Waals surface area contributed by atoms with Gasteiger partial charge in [-0.15, -0.1) is 5.10 Å². The lowest BCUT2D eigenvalue weighted by Crippen LogP contribution is -2.21. The first-order chi connectivity index (χ1) is 12.1. The number of nitrogens with zero attached hydrogens (tertiary/aromatic N) is 4. The molecule has 0 aliphatic heterocycles. The van der Waals surface area contributed by atoms with Gasteiger partial charge in [0, 0.05) is 40.0 Å². The second-order valence-corrected chi connectivity index (χ2v) is 6.11. The first kappa shape index (κ1) is 17.4. The van der Waals surface area contributed by atoms with Gasteiger partial charge in [0.15, 0.2) is 11.6 Å². The van der Waals surface area contributed by atoms with Crippen molar-refractivity contribution < 1.29 is 9.63 Å². The zero-order valence-electron chi connectivity index (χ0n) is 13.3. The lowest BCUT2D eigenvalue weighted by Gasteiger charge is -2.04. The predicted molar refractivity (Wildman–Crippen MR) is 95.2 cm³/mol. The quantitative estimate of drug-likeness (QED) is 0.671. The average Bonchev–Trinajstić information content (AvgIpc) is 2.99. The van der Waals surface area contributed by atoms with Crippen molar-refractivity contribution >= 4 is 29.2 Å². The number of halogens is 2. The summed E-state index contributed by atoms with van der Waals surface area (Å²) < 4.78 is 0. The normalized spacial score (nSPS) is 10.7. The summed E-state index contributed by atoms with van der Waals surface area (Å²) in [6, 6.07) is 8.51. The highest BCUT2D eigenvalue weighted by Gasteiger charge is 2.17. The van der Waals surface area contributed by atoms with Crippen LogP contribution in [-0.2, 0) is 4.79 Å². The van der Waals surface area contributed by atoms with E-state index in [1.54, 1.807) is 42.7 Å². The number of carbonyl (C=O) groups excluding carboxylic acids is 1. The number of hydrogen-bond donors (Lipinski definition) is 0. The molecule has 0 amide bonds. The monoisotopic (exact) mass is 376 g/mol. The molecule has 0 bridgehead atoms. The van der Waals surface area contributed by atoms with Crippen LogP contribution < -0.4 is 4.84 Å². The summed E-state index contributed by atoms with van der Waals surface area (Å²) >= 11 is 12.1. The third kappa shape index (κ3) is 4.15. The Morgan fingerprint density at radius 1 is 1.12 bits per heavy atom. The summed E-state index contributed by atoms with van der Waals surface area (Å²) in [5, 5.41) is 5.22. The van der Waals surface area contributed by atoms with E-state index in [1.807, 2.05) is 6.92 Å². The van der Waals surface area contributed by atoms with Gasteiger partial charge in [-0.1, -0.05) is 35.0 Å². The molecule has 3 rings (SSSR count). The van der Waals surface area contributed by atoms with Crippen LogP contribution in [0.1, 0.15) is 19.8 Å². The smallest absolute Gasteiger partial charge is 0.317 e. The van der Waals surface area contributed by atoms with Gasteiger partial charge in [-0.05, 0) is 36.8 Å². The summed E-state index contributed by atoms with van der Waals surface area (Å²) in [6.45, 7) is 1.89. The summed E-state index contributed by atoms with van der Waals surface area (Å²) in [6.07, 6.45) is 4.21. The fraction of sp³-hybridized carbons (Fsp3) is 0.176. The lowest BCUT2D eigenvalue weighted by atomic mass is 10.2. The van der Waals surface area contributed by atoms with Crippen LogP contribution in [0.4, 0.5) is 0 Å². The SMILES string of the molecule is CCCC(=O)On1nc(-c2cc(Cl)cc(Cl)c2)nc1-c1ccncc1. The van der Waals surface area contributed by atoms with Crippen molar-refractivity contribution in [1.82, 2.24) is 19.9 Å². The third-order valence-corrected chi connectivity index (χ3v) is 3.72. The van der Waals surface area contributed by atoms with Crippen LogP contribution in [0.25, 0.3) is 22.8 Å². The van der Waals surface area contributed by atoms with Gasteiger partial charge < -0.3 is 4.84 Å². The number of rotatable bonds is 5. The molecule has 0 saturated carbocycles. The Kier molecular flexibility index (Phi) is 5.31. The van der Waals surface area contributed by atoms with E-state index in [-0.39, 0.29) is 6.42 Å². The van der Waals surface area contributed by atoms with Crippen LogP contribution in [0.3, 0.4) is 0 Å². The third-order valence-electron chi connectivity index (χ3n) is 3.28. The van der Waals surface area contributed by atoms with Gasteiger partial charge in [0.05, 0.1) is 0 Å². The molecule has 0 atom stereocenters. The summed E-state index contributed by atoms with van der Waals surface area (Å²) in [5.74, 6) is 0.344. The fourth-order valence-corrected chi connectivity index (χ4v) is 2.72. The van der Waals surface area contributed by atoms with E-state index in [0.29, 0.717) is 39.2 Å². The zero-order chi connectivity index (χ0) is 17.8. The summed E-state index contributed by atoms with van der Waals surface area (Å²) in [7, 11) is 0. The van der Waals surface area contributed by atoms with Crippen molar-refractivity contribution in [3.63, 3.8) is 0 Å². The number of benzene rings is 1. The molecule has 25 heavy (non-hydrogen) atoms. The molecule has 3 aromatic rings. The molecule has 1 aromatic carbocycles. The predicted octanol–water partition coefficient (Wildman–Crippen LogP) is 4.07. The lowest BCUT2D eigenvalue weighted by molar-refractivity contribution is -0.145. The van der Waals surface area contributed by atoms with Crippen molar-refractivity contribution in [2.24, 2.45) is 0 Å². The molecular weight excluding hydrogens is 363 g/mol. The first-order valence-corrected chi connectivity index (χ1v) is 8.37. The largest absolute Gasteiger partial charge is 0.335 e. The second kappa shape index (κ2) is 7.63. The highest BCUT2D eigenvalue weighted by Crippen LogP contribution is 2.27. The molecule has 0 unspecified atom stereocenters. The maximum atomic E-state index is 11.9. The maximum absolute atomic E-state index is 11.9. The Morgan fingerprint density at radius 3 is 2.44 bits per heavy atom. The van der Waals surface area contributed by atoms with Gasteiger partial charge in [0.2, 0.25) is 0 Å². The van der Waals surface area contributed by atoms with Crippen LogP contribution in [-0.4, -0.2) is 25.9 Å². The molecule has 128 valence electrons. The van der Waals surface area contributed by atoms with E-state index in [9.17, 15) is 4.79 Å². The number of carbonyl (C=O) groups is 1. The topological polar surface area (TPSA) is 69.9 Å². The van der Waals surface area contributed by atoms with Crippen LogP contribution in [0.15, 0.2) is 42.7 Å². The van der Waals surface area contributed by atoms with Gasteiger partial charge in [-0.3, -0.25) is 4.98 Å². The Bertz CT molecular complexity index is 877. The zero-order valence-corrected chi connectivity index (χ0v) is 14.8. The Hall–Kier alpha value is -2.44. The van der Waals surface area contributed by atoms with Gasteiger partial charge in [-0.2, -0.15) is 0 Å². The molecule has 0 fully saturated rings. The molecule has 2 aromatic heterocycles. The number of aromatic nitrogens is 4. The number of hydrogen-bond acceptors (Lipinski definition) is 5. The minimum atomic E-state index is -0.390. The number of pyridine rings is 1. The van der Waals surface area contributed by atoms with E-state index in [0.717, 1.165) is 4.85 Å². The molecule has 0 spiro atoms. The van der Waals surface area contributed by atoms with Crippen molar-refractivity contribution in [2.45, 2.75) is 19.8 Å². The molecule has 6 nitrogen and oxygen atoms in total. The van der Waals surface area contributed by atoms with Gasteiger partial charge >= 0.3 is 5.97 Å². The molecule has 0 aliphatic rings. The van der Waals surface area contributed by atoms with Crippen molar-refractivity contribution in [2.75, 3.05) is 0 Å². The van der Waals surface area contributed by atoms with E-state index in [1.165, 1.54) is 0 Å². The average molecular weight is 377 g/mol. The minimum absolute atomic E-state index is 0.286. The minimum Gasteiger partial charge on any atom is -0.317 e. The molecule has 0 radical (unpaired) electrons. The highest BCUT2D eigenvalue weighted by molar-refractivity contribution is 6.35. The maximum Gasteiger partial charge on any atom is 0.335 e. The van der Waals surface area contributed by atoms with Gasteiger partial charge in [0.1, 0.15) is 0 Å². The summed E-state index contributed by atoms with van der Waals surface area (Å²) in [4.78, 5) is 26.8. The standard InChI is InChI=1S/C17H14Cl2N4O2/c1-2-3-15(24)25-23-17(11-4-6-20-7-5-11)21-16(22-23)12-8-13(18)10-14(19)9-12/h4-10H,2-3H2,1H3. The Morgan fingerprint density at radius 2 is 1.80 bits per heavy atom. The van der Waals surface area contributed by atoms with E-state index < -0.39 is 5.97 Å². The highest BCUT2D eigenvalue weighted by atomic mass is 35.5. The van der Waals surface area contributed by atoms with E-state index in [4.69, 9.17) is 28.0 Å². The molecule has 0 aliphatic carbocycles. The molecular formula is C17H14Cl2N4O2. The van der Waals surface area contributed by atoms with Crippen LogP contribution in [0.5, 0.6) is 0 Å². The van der Waals surface area contributed by atoms with Crippen LogP contribution in [0, 0.1) is 0 Å². The van der Waals surface area contributed by atoms with Crippen molar-refractivity contribution in [3.05, 3.63) is 52.8 Å². The van der Waals surface area contributed by atoms with Crippen molar-refractivity contribution in [1.29, 1.82) is 0 Å².